The van der Waals surface area contributed by atoms with E-state index in [4.69, 9.17) is 44.3 Å². The molecule has 0 fully saturated rings. The minimum Gasteiger partial charge on any atom is -0.468 e. The molecule has 0 heterocycles. The molecule has 0 bridgehead atoms. The van der Waals surface area contributed by atoms with E-state index in [-0.39, 0.29) is 22.3 Å². The zero-order valence-corrected chi connectivity index (χ0v) is 18.0. The standard InChI is InChI=1S/C21H17Cl3N2O4/c1-2-29-21(28)19(30-17-9-5-7-12-6-3-4-8-14(12)17)20(27)26-25-18-15(23)10-13(22)11-16(18)24/h3-11,19,25H,2H2,1H3,(H,26,27). The van der Waals surface area contributed by atoms with Gasteiger partial charge in [0.2, 0.25) is 0 Å². The van der Waals surface area contributed by atoms with Gasteiger partial charge in [0.15, 0.2) is 0 Å². The van der Waals surface area contributed by atoms with Gasteiger partial charge in [0, 0.05) is 10.4 Å². The van der Waals surface area contributed by atoms with Crippen LogP contribution in [0.25, 0.3) is 10.8 Å². The van der Waals surface area contributed by atoms with Gasteiger partial charge in [-0.1, -0.05) is 71.2 Å². The van der Waals surface area contributed by atoms with Crippen molar-refractivity contribution in [3.8, 4) is 5.75 Å². The third-order valence-electron chi connectivity index (χ3n) is 4.05. The van der Waals surface area contributed by atoms with E-state index in [1.165, 1.54) is 12.1 Å². The highest BCUT2D eigenvalue weighted by Crippen LogP contribution is 2.33. The van der Waals surface area contributed by atoms with Crippen molar-refractivity contribution in [1.82, 2.24) is 5.43 Å². The van der Waals surface area contributed by atoms with Crippen LogP contribution in [0, 0.1) is 0 Å². The van der Waals surface area contributed by atoms with Gasteiger partial charge in [0.05, 0.1) is 22.3 Å². The fourth-order valence-electron chi connectivity index (χ4n) is 2.70. The highest BCUT2D eigenvalue weighted by Gasteiger charge is 2.31. The summed E-state index contributed by atoms with van der Waals surface area (Å²) >= 11 is 18.1. The summed E-state index contributed by atoms with van der Waals surface area (Å²) in [6.45, 7) is 1.72. The molecule has 0 spiro atoms. The second-order valence-electron chi connectivity index (χ2n) is 6.09. The number of anilines is 1. The molecule has 0 aliphatic rings. The predicted octanol–water partition coefficient (Wildman–Crippen LogP) is 5.25. The smallest absolute Gasteiger partial charge is 0.357 e. The van der Waals surface area contributed by atoms with E-state index in [1.54, 1.807) is 19.1 Å². The van der Waals surface area contributed by atoms with Gasteiger partial charge in [-0.2, -0.15) is 0 Å². The SMILES string of the molecule is CCOC(=O)C(Oc1cccc2ccccc12)C(=O)NNc1c(Cl)cc(Cl)cc1Cl. The van der Waals surface area contributed by atoms with Gasteiger partial charge < -0.3 is 9.47 Å². The first-order valence-corrected chi connectivity index (χ1v) is 10.1. The van der Waals surface area contributed by atoms with E-state index < -0.39 is 18.0 Å². The van der Waals surface area contributed by atoms with E-state index in [0.717, 1.165) is 10.8 Å². The minimum absolute atomic E-state index is 0.0871. The van der Waals surface area contributed by atoms with Gasteiger partial charge in [-0.25, -0.2) is 4.79 Å². The Morgan fingerprint density at radius 3 is 2.37 bits per heavy atom. The van der Waals surface area contributed by atoms with Crippen LogP contribution in [0.3, 0.4) is 0 Å². The Balaban J connectivity index is 1.83. The lowest BCUT2D eigenvalue weighted by Crippen LogP contribution is -2.46. The Bertz CT molecular complexity index is 1060. The van der Waals surface area contributed by atoms with E-state index >= 15 is 0 Å². The number of fused-ring (bicyclic) bond motifs is 1. The topological polar surface area (TPSA) is 76.7 Å². The second-order valence-corrected chi connectivity index (χ2v) is 7.34. The van der Waals surface area contributed by atoms with Crippen LogP contribution in [-0.4, -0.2) is 24.6 Å². The summed E-state index contributed by atoms with van der Waals surface area (Å²) in [4.78, 5) is 25.2. The number of nitrogens with one attached hydrogen (secondary N) is 2. The molecule has 0 saturated heterocycles. The molecule has 0 aliphatic heterocycles. The van der Waals surface area contributed by atoms with Crippen molar-refractivity contribution in [2.45, 2.75) is 13.0 Å². The largest absolute Gasteiger partial charge is 0.468 e. The van der Waals surface area contributed by atoms with Crippen LogP contribution in [0.2, 0.25) is 15.1 Å². The Hall–Kier alpha value is -2.67. The first kappa shape index (κ1) is 22.0. The molecule has 9 heteroatoms. The Morgan fingerprint density at radius 1 is 1.00 bits per heavy atom. The fraction of sp³-hybridized carbons (Fsp3) is 0.143. The van der Waals surface area contributed by atoms with Crippen LogP contribution >= 0.6 is 34.8 Å². The number of carbonyl (C=O) groups is 2. The van der Waals surface area contributed by atoms with Gasteiger partial charge in [0.1, 0.15) is 5.75 Å². The highest BCUT2D eigenvalue weighted by molar-refractivity contribution is 6.41. The van der Waals surface area contributed by atoms with Crippen molar-refractivity contribution in [2.24, 2.45) is 0 Å². The number of halogens is 3. The van der Waals surface area contributed by atoms with E-state index in [2.05, 4.69) is 10.9 Å². The highest BCUT2D eigenvalue weighted by atomic mass is 35.5. The molecule has 1 atom stereocenters. The van der Waals surface area contributed by atoms with Crippen LogP contribution < -0.4 is 15.6 Å². The number of esters is 1. The molecule has 2 N–H and O–H groups in total. The minimum atomic E-state index is -1.56. The summed E-state index contributed by atoms with van der Waals surface area (Å²) in [5, 5.41) is 2.37. The molecule has 0 saturated carbocycles. The number of rotatable bonds is 7. The van der Waals surface area contributed by atoms with Crippen LogP contribution in [0.4, 0.5) is 5.69 Å². The lowest BCUT2D eigenvalue weighted by atomic mass is 10.1. The van der Waals surface area contributed by atoms with Crippen molar-refractivity contribution >= 4 is 63.1 Å². The van der Waals surface area contributed by atoms with E-state index in [0.29, 0.717) is 10.8 Å². The van der Waals surface area contributed by atoms with Crippen molar-refractivity contribution in [3.05, 3.63) is 69.7 Å². The number of amides is 1. The lowest BCUT2D eigenvalue weighted by Gasteiger charge is -2.19. The molecule has 0 radical (unpaired) electrons. The van der Waals surface area contributed by atoms with Crippen LogP contribution in [0.5, 0.6) is 5.75 Å². The third kappa shape index (κ3) is 5.08. The number of hydrogen-bond donors (Lipinski definition) is 2. The number of hydrogen-bond acceptors (Lipinski definition) is 5. The Labute approximate surface area is 188 Å². The van der Waals surface area contributed by atoms with Crippen LogP contribution in [0.1, 0.15) is 6.92 Å². The number of benzene rings is 3. The average molecular weight is 468 g/mol. The first-order valence-electron chi connectivity index (χ1n) is 8.92. The maximum atomic E-state index is 12.8. The van der Waals surface area contributed by atoms with Gasteiger partial charge in [0.25, 0.3) is 12.0 Å². The van der Waals surface area contributed by atoms with Gasteiger partial charge in [-0.3, -0.25) is 15.6 Å². The molecule has 3 aromatic carbocycles. The molecule has 0 aliphatic carbocycles. The fourth-order valence-corrected chi connectivity index (χ4v) is 3.61. The monoisotopic (exact) mass is 466 g/mol. The van der Waals surface area contributed by atoms with Gasteiger partial charge in [-0.15, -0.1) is 0 Å². The van der Waals surface area contributed by atoms with E-state index in [1.807, 2.05) is 30.3 Å². The van der Waals surface area contributed by atoms with Gasteiger partial charge >= 0.3 is 5.97 Å². The Morgan fingerprint density at radius 2 is 1.67 bits per heavy atom. The summed E-state index contributed by atoms with van der Waals surface area (Å²) in [7, 11) is 0. The summed E-state index contributed by atoms with van der Waals surface area (Å²) in [5.74, 6) is -1.26. The number of ether oxygens (including phenoxy) is 2. The summed E-state index contributed by atoms with van der Waals surface area (Å²) in [6, 6.07) is 15.7. The molecule has 30 heavy (non-hydrogen) atoms. The van der Waals surface area contributed by atoms with Gasteiger partial charge in [-0.05, 0) is 30.5 Å². The quantitative estimate of drug-likeness (QED) is 0.282. The van der Waals surface area contributed by atoms with Crippen molar-refractivity contribution in [3.63, 3.8) is 0 Å². The summed E-state index contributed by atoms with van der Waals surface area (Å²) in [6.07, 6.45) is -1.56. The molecular weight excluding hydrogens is 451 g/mol. The van der Waals surface area contributed by atoms with Crippen molar-refractivity contribution in [1.29, 1.82) is 0 Å². The third-order valence-corrected chi connectivity index (χ3v) is 4.87. The van der Waals surface area contributed by atoms with Crippen LogP contribution in [-0.2, 0) is 14.3 Å². The zero-order valence-electron chi connectivity index (χ0n) is 15.7. The molecule has 1 amide bonds. The molecule has 3 rings (SSSR count). The molecule has 0 aromatic heterocycles. The lowest BCUT2D eigenvalue weighted by molar-refractivity contribution is -0.156. The molecule has 6 nitrogen and oxygen atoms in total. The molecular formula is C21H17Cl3N2O4. The summed E-state index contributed by atoms with van der Waals surface area (Å²) in [5.41, 5.74) is 5.21. The second kappa shape index (κ2) is 9.89. The predicted molar refractivity (Wildman–Crippen MR) is 118 cm³/mol. The van der Waals surface area contributed by atoms with E-state index in [9.17, 15) is 9.59 Å². The molecule has 1 unspecified atom stereocenters. The maximum absolute atomic E-state index is 12.8. The molecule has 3 aromatic rings. The first-order chi connectivity index (χ1) is 14.4. The number of hydrazine groups is 1. The summed E-state index contributed by atoms with van der Waals surface area (Å²) < 4.78 is 10.8. The average Bonchev–Trinajstić information content (AvgIpc) is 2.71. The Kier molecular flexibility index (Phi) is 7.26. The van der Waals surface area contributed by atoms with Crippen molar-refractivity contribution in [2.75, 3.05) is 12.0 Å². The van der Waals surface area contributed by atoms with Crippen molar-refractivity contribution < 1.29 is 19.1 Å². The maximum Gasteiger partial charge on any atom is 0.357 e. The molecule has 156 valence electrons. The normalized spacial score (nSPS) is 11.6. The zero-order chi connectivity index (χ0) is 21.7. The van der Waals surface area contributed by atoms with Crippen LogP contribution in [0.15, 0.2) is 54.6 Å². The number of carbonyl (C=O) groups excluding carboxylic acids is 2.